The molecule has 0 aliphatic carbocycles. The predicted octanol–water partition coefficient (Wildman–Crippen LogP) is 3.27. The molecule has 0 aliphatic heterocycles. The maximum absolute atomic E-state index is 12.3. The molecule has 0 unspecified atom stereocenters. The number of nitrogens with one attached hydrogen (secondary N) is 1. The van der Waals surface area contributed by atoms with Crippen LogP contribution in [0, 0.1) is 13.8 Å². The molecule has 2 aromatic heterocycles. The summed E-state index contributed by atoms with van der Waals surface area (Å²) in [6.07, 6.45) is 1.40. The second-order valence-electron chi connectivity index (χ2n) is 5.04. The fourth-order valence-corrected chi connectivity index (χ4v) is 3.12. The van der Waals surface area contributed by atoms with E-state index in [0.717, 1.165) is 21.3 Å². The first kappa shape index (κ1) is 15.2. The molecular formula is C16H15N3O3S. The van der Waals surface area contributed by atoms with Crippen LogP contribution in [0.1, 0.15) is 21.6 Å². The topological polar surface area (TPSA) is 84.3 Å². The van der Waals surface area contributed by atoms with E-state index < -0.39 is 5.91 Å². The average Bonchev–Trinajstić information content (AvgIpc) is 2.94. The van der Waals surface area contributed by atoms with Crippen LogP contribution in [0.4, 0.5) is 5.13 Å². The smallest absolute Gasteiger partial charge is 0.280 e. The Labute approximate surface area is 136 Å². The van der Waals surface area contributed by atoms with E-state index in [0.29, 0.717) is 5.13 Å². The lowest BCUT2D eigenvalue weighted by molar-refractivity contribution is 0.101. The van der Waals surface area contributed by atoms with Crippen molar-refractivity contribution in [1.29, 1.82) is 0 Å². The summed E-state index contributed by atoms with van der Waals surface area (Å²) >= 11 is 1.38. The third-order valence-corrected chi connectivity index (χ3v) is 4.56. The summed E-state index contributed by atoms with van der Waals surface area (Å²) in [6.45, 7) is 4.02. The molecule has 118 valence electrons. The van der Waals surface area contributed by atoms with Gasteiger partial charge in [0.2, 0.25) is 0 Å². The van der Waals surface area contributed by atoms with E-state index in [1.54, 1.807) is 0 Å². The average molecular weight is 329 g/mol. The van der Waals surface area contributed by atoms with E-state index in [9.17, 15) is 9.90 Å². The van der Waals surface area contributed by atoms with Crippen molar-refractivity contribution in [3.05, 3.63) is 41.2 Å². The molecule has 2 heterocycles. The number of carbonyl (C=O) groups is 1. The maximum atomic E-state index is 12.3. The number of nitrogens with zero attached hydrogens (tertiary/aromatic N) is 2. The monoisotopic (exact) mass is 329 g/mol. The number of carbonyl (C=O) groups excluding carboxylic acids is 1. The number of rotatable bonds is 3. The predicted molar refractivity (Wildman–Crippen MR) is 89.5 cm³/mol. The standard InChI is InChI=1S/C16H15N3O3S/c1-8-4-5-11-12(9(8)2)18-16(23-11)19-15(21)13-14(20)10(22-3)6-7-17-13/h4-7,20H,1-3H3,(H,18,19,21). The largest absolute Gasteiger partial charge is 0.503 e. The molecule has 3 rings (SSSR count). The number of fused-ring (bicyclic) bond motifs is 1. The fraction of sp³-hybridized carbons (Fsp3) is 0.188. The molecule has 3 aromatic rings. The highest BCUT2D eigenvalue weighted by molar-refractivity contribution is 7.22. The van der Waals surface area contributed by atoms with Crippen LogP contribution in [0.2, 0.25) is 0 Å². The molecule has 1 aromatic carbocycles. The van der Waals surface area contributed by atoms with E-state index in [4.69, 9.17) is 4.74 Å². The number of aryl methyl sites for hydroxylation is 2. The molecule has 0 bridgehead atoms. The van der Waals surface area contributed by atoms with Gasteiger partial charge in [-0.15, -0.1) is 0 Å². The highest BCUT2D eigenvalue weighted by Crippen LogP contribution is 2.31. The van der Waals surface area contributed by atoms with Gasteiger partial charge in [-0.05, 0) is 31.0 Å². The molecule has 7 heteroatoms. The minimum atomic E-state index is -0.533. The number of aromatic nitrogens is 2. The van der Waals surface area contributed by atoms with Gasteiger partial charge in [0, 0.05) is 12.3 Å². The number of hydrogen-bond acceptors (Lipinski definition) is 6. The van der Waals surface area contributed by atoms with E-state index in [1.165, 1.54) is 30.7 Å². The molecule has 6 nitrogen and oxygen atoms in total. The van der Waals surface area contributed by atoms with E-state index in [2.05, 4.69) is 15.3 Å². The van der Waals surface area contributed by atoms with Gasteiger partial charge in [-0.2, -0.15) is 0 Å². The van der Waals surface area contributed by atoms with Crippen molar-refractivity contribution in [2.75, 3.05) is 12.4 Å². The molecule has 1 amide bonds. The molecule has 0 saturated heterocycles. The molecule has 0 saturated carbocycles. The molecule has 23 heavy (non-hydrogen) atoms. The second-order valence-corrected chi connectivity index (χ2v) is 6.07. The number of anilines is 1. The quantitative estimate of drug-likeness (QED) is 0.770. The zero-order chi connectivity index (χ0) is 16.6. The van der Waals surface area contributed by atoms with Gasteiger partial charge in [0.05, 0.1) is 17.3 Å². The van der Waals surface area contributed by atoms with Crippen LogP contribution in [0.15, 0.2) is 24.4 Å². The third kappa shape index (κ3) is 2.70. The highest BCUT2D eigenvalue weighted by Gasteiger charge is 2.18. The van der Waals surface area contributed by atoms with Crippen LogP contribution in [-0.4, -0.2) is 28.1 Å². The lowest BCUT2D eigenvalue weighted by Crippen LogP contribution is -2.13. The first-order valence-electron chi connectivity index (χ1n) is 6.91. The van der Waals surface area contributed by atoms with Crippen LogP contribution in [0.3, 0.4) is 0 Å². The molecule has 0 fully saturated rings. The number of benzene rings is 1. The Kier molecular flexibility index (Phi) is 3.87. The van der Waals surface area contributed by atoms with Crippen LogP contribution in [0.25, 0.3) is 10.2 Å². The van der Waals surface area contributed by atoms with Crippen LogP contribution >= 0.6 is 11.3 Å². The summed E-state index contributed by atoms with van der Waals surface area (Å²) in [6, 6.07) is 5.49. The van der Waals surface area contributed by atoms with Gasteiger partial charge < -0.3 is 9.84 Å². The van der Waals surface area contributed by atoms with E-state index in [1.807, 2.05) is 26.0 Å². The molecule has 0 aliphatic rings. The SMILES string of the molecule is COc1ccnc(C(=O)Nc2nc3c(C)c(C)ccc3s2)c1O. The van der Waals surface area contributed by atoms with Gasteiger partial charge in [0.15, 0.2) is 22.3 Å². The van der Waals surface area contributed by atoms with Crippen molar-refractivity contribution in [3.63, 3.8) is 0 Å². The lowest BCUT2D eigenvalue weighted by atomic mass is 10.1. The summed E-state index contributed by atoms with van der Waals surface area (Å²) in [4.78, 5) is 20.7. The van der Waals surface area contributed by atoms with Gasteiger partial charge >= 0.3 is 0 Å². The van der Waals surface area contributed by atoms with Crippen molar-refractivity contribution in [2.45, 2.75) is 13.8 Å². The number of hydrogen-bond donors (Lipinski definition) is 2. The Morgan fingerprint density at radius 1 is 1.30 bits per heavy atom. The normalized spacial score (nSPS) is 10.7. The van der Waals surface area contributed by atoms with Crippen molar-refractivity contribution < 1.29 is 14.6 Å². The first-order chi connectivity index (χ1) is 11.0. The van der Waals surface area contributed by atoms with Crippen molar-refractivity contribution in [3.8, 4) is 11.5 Å². The summed E-state index contributed by atoms with van der Waals surface area (Å²) in [5.74, 6) is -0.628. The van der Waals surface area contributed by atoms with Gasteiger partial charge in [0.25, 0.3) is 5.91 Å². The lowest BCUT2D eigenvalue weighted by Gasteiger charge is -2.06. The zero-order valence-corrected chi connectivity index (χ0v) is 13.7. The van der Waals surface area contributed by atoms with E-state index >= 15 is 0 Å². The van der Waals surface area contributed by atoms with E-state index in [-0.39, 0.29) is 17.2 Å². The summed E-state index contributed by atoms with van der Waals surface area (Å²) < 4.78 is 5.97. The number of aromatic hydroxyl groups is 1. The van der Waals surface area contributed by atoms with Gasteiger partial charge in [-0.1, -0.05) is 17.4 Å². The van der Waals surface area contributed by atoms with Crippen molar-refractivity contribution >= 4 is 32.6 Å². The number of thiazole rings is 1. The van der Waals surface area contributed by atoms with Crippen molar-refractivity contribution in [2.24, 2.45) is 0 Å². The summed E-state index contributed by atoms with van der Waals surface area (Å²) in [7, 11) is 1.41. The highest BCUT2D eigenvalue weighted by atomic mass is 32.1. The number of amides is 1. The summed E-state index contributed by atoms with van der Waals surface area (Å²) in [5.41, 5.74) is 3.00. The Bertz CT molecular complexity index is 905. The van der Waals surface area contributed by atoms with Gasteiger partial charge in [-0.3, -0.25) is 10.1 Å². The number of ether oxygens (including phenoxy) is 1. The molecule has 2 N–H and O–H groups in total. The van der Waals surface area contributed by atoms with Gasteiger partial charge in [0.1, 0.15) is 0 Å². The summed E-state index contributed by atoms with van der Waals surface area (Å²) in [5, 5.41) is 13.1. The zero-order valence-electron chi connectivity index (χ0n) is 12.9. The number of methoxy groups -OCH3 is 1. The second kappa shape index (κ2) is 5.85. The molecular weight excluding hydrogens is 314 g/mol. The van der Waals surface area contributed by atoms with Gasteiger partial charge in [-0.25, -0.2) is 9.97 Å². The first-order valence-corrected chi connectivity index (χ1v) is 7.73. The Hall–Kier alpha value is -2.67. The molecule has 0 spiro atoms. The minimum absolute atomic E-state index is 0.100. The Morgan fingerprint density at radius 2 is 2.09 bits per heavy atom. The van der Waals surface area contributed by atoms with Crippen LogP contribution < -0.4 is 10.1 Å². The van der Waals surface area contributed by atoms with Crippen LogP contribution in [0.5, 0.6) is 11.5 Å². The molecule has 0 radical (unpaired) electrons. The number of pyridine rings is 1. The van der Waals surface area contributed by atoms with Crippen LogP contribution in [-0.2, 0) is 0 Å². The fourth-order valence-electron chi connectivity index (χ4n) is 2.20. The molecule has 0 atom stereocenters. The maximum Gasteiger partial charge on any atom is 0.280 e. The Morgan fingerprint density at radius 3 is 2.83 bits per heavy atom. The Balaban J connectivity index is 1.93. The minimum Gasteiger partial charge on any atom is -0.503 e. The van der Waals surface area contributed by atoms with Crippen molar-refractivity contribution in [1.82, 2.24) is 9.97 Å². The third-order valence-electron chi connectivity index (χ3n) is 3.63.